The Morgan fingerprint density at radius 3 is 2.90 bits per heavy atom. The van der Waals surface area contributed by atoms with Crippen molar-refractivity contribution in [3.8, 4) is 0 Å². The summed E-state index contributed by atoms with van der Waals surface area (Å²) in [5.41, 5.74) is 0. The predicted molar refractivity (Wildman–Crippen MR) is 80.4 cm³/mol. The quantitative estimate of drug-likeness (QED) is 0.786. The maximum absolute atomic E-state index is 9.66. The van der Waals surface area contributed by atoms with E-state index < -0.39 is 6.10 Å². The predicted octanol–water partition coefficient (Wildman–Crippen LogP) is 3.07. The van der Waals surface area contributed by atoms with Crippen LogP contribution in [0.15, 0.2) is 34.9 Å². The zero-order chi connectivity index (χ0) is 14.4. The summed E-state index contributed by atoms with van der Waals surface area (Å²) in [7, 11) is 1.58. The molecule has 0 aliphatic heterocycles. The maximum Gasteiger partial charge on any atom is 0.126 e. The summed E-state index contributed by atoms with van der Waals surface area (Å²) >= 11 is 7.51. The molecule has 0 saturated carbocycles. The average Bonchev–Trinajstić information content (AvgIpc) is 3.06. The number of rotatable bonds is 8. The number of aliphatic hydroxyl groups excluding tert-OH is 1. The minimum atomic E-state index is -0.461. The zero-order valence-electron chi connectivity index (χ0n) is 11.2. The Hall–Kier alpha value is -0.850. The summed E-state index contributed by atoms with van der Waals surface area (Å²) in [5.74, 6) is 0.838. The smallest absolute Gasteiger partial charge is 0.126 e. The van der Waals surface area contributed by atoms with E-state index in [-0.39, 0.29) is 6.04 Å². The van der Waals surface area contributed by atoms with E-state index >= 15 is 0 Å². The van der Waals surface area contributed by atoms with Gasteiger partial charge in [-0.25, -0.2) is 0 Å². The van der Waals surface area contributed by atoms with Gasteiger partial charge in [-0.3, -0.25) is 0 Å². The molecule has 0 bridgehead atoms. The number of thiophene rings is 1. The van der Waals surface area contributed by atoms with E-state index in [0.29, 0.717) is 19.6 Å². The SMILES string of the molecule is COCC(O)CCNC(c1ccco1)c1ccc(Cl)s1. The molecule has 0 aliphatic carbocycles. The van der Waals surface area contributed by atoms with Crippen LogP contribution in [0.3, 0.4) is 0 Å². The van der Waals surface area contributed by atoms with Crippen molar-refractivity contribution < 1.29 is 14.3 Å². The van der Waals surface area contributed by atoms with Crippen molar-refractivity contribution in [3.05, 3.63) is 45.5 Å². The first-order valence-electron chi connectivity index (χ1n) is 6.39. The number of hydrogen-bond acceptors (Lipinski definition) is 5. The summed E-state index contributed by atoms with van der Waals surface area (Å²) in [6, 6.07) is 7.60. The number of nitrogens with one attached hydrogen (secondary N) is 1. The Labute approximate surface area is 127 Å². The summed E-state index contributed by atoms with van der Waals surface area (Å²) in [6.45, 7) is 1.00. The van der Waals surface area contributed by atoms with Crippen LogP contribution in [0.5, 0.6) is 0 Å². The second-order valence-electron chi connectivity index (χ2n) is 4.44. The largest absolute Gasteiger partial charge is 0.467 e. The third-order valence-corrected chi connectivity index (χ3v) is 4.19. The number of ether oxygens (including phenoxy) is 1. The van der Waals surface area contributed by atoms with Gasteiger partial charge in [0.05, 0.1) is 23.3 Å². The first kappa shape index (κ1) is 15.5. The Morgan fingerprint density at radius 2 is 2.30 bits per heavy atom. The van der Waals surface area contributed by atoms with Gasteiger partial charge in [-0.1, -0.05) is 11.6 Å². The van der Waals surface area contributed by atoms with Crippen molar-refractivity contribution in [2.75, 3.05) is 20.3 Å². The molecule has 0 aliphatic rings. The molecule has 0 spiro atoms. The number of halogens is 1. The van der Waals surface area contributed by atoms with Gasteiger partial charge in [0.15, 0.2) is 0 Å². The maximum atomic E-state index is 9.66. The highest BCUT2D eigenvalue weighted by Crippen LogP contribution is 2.31. The molecule has 0 amide bonds. The second-order valence-corrected chi connectivity index (χ2v) is 6.19. The third-order valence-electron chi connectivity index (χ3n) is 2.89. The monoisotopic (exact) mass is 315 g/mol. The van der Waals surface area contributed by atoms with Gasteiger partial charge >= 0.3 is 0 Å². The van der Waals surface area contributed by atoms with Crippen LogP contribution in [-0.2, 0) is 4.74 Å². The fraction of sp³-hybridized carbons (Fsp3) is 0.429. The molecule has 0 fully saturated rings. The number of aliphatic hydroxyl groups is 1. The first-order chi connectivity index (χ1) is 9.70. The van der Waals surface area contributed by atoms with Gasteiger partial charge in [0.25, 0.3) is 0 Å². The molecule has 20 heavy (non-hydrogen) atoms. The average molecular weight is 316 g/mol. The van der Waals surface area contributed by atoms with Crippen LogP contribution in [-0.4, -0.2) is 31.5 Å². The van der Waals surface area contributed by atoms with E-state index in [9.17, 15) is 5.11 Å². The van der Waals surface area contributed by atoms with E-state index in [4.69, 9.17) is 20.8 Å². The molecule has 2 aromatic heterocycles. The molecule has 0 saturated heterocycles. The molecule has 2 N–H and O–H groups in total. The topological polar surface area (TPSA) is 54.6 Å². The van der Waals surface area contributed by atoms with Crippen molar-refractivity contribution in [2.45, 2.75) is 18.6 Å². The van der Waals surface area contributed by atoms with Gasteiger partial charge in [-0.15, -0.1) is 11.3 Å². The summed E-state index contributed by atoms with van der Waals surface area (Å²) < 4.78 is 11.1. The van der Waals surface area contributed by atoms with Gasteiger partial charge in [0.1, 0.15) is 11.8 Å². The Balaban J connectivity index is 1.98. The standard InChI is InChI=1S/C14H18ClNO3S/c1-18-9-10(17)6-7-16-14(11-3-2-8-19-11)12-4-5-13(15)20-12/h2-5,8,10,14,16-17H,6-7,9H2,1H3. The van der Waals surface area contributed by atoms with Crippen molar-refractivity contribution in [1.29, 1.82) is 0 Å². The number of furan rings is 1. The molecule has 6 heteroatoms. The summed E-state index contributed by atoms with van der Waals surface area (Å²) in [5, 5.41) is 13.0. The van der Waals surface area contributed by atoms with Gasteiger partial charge in [0, 0.05) is 12.0 Å². The highest BCUT2D eigenvalue weighted by atomic mass is 35.5. The van der Waals surface area contributed by atoms with Crippen molar-refractivity contribution in [3.63, 3.8) is 0 Å². The summed E-state index contributed by atoms with van der Waals surface area (Å²) in [4.78, 5) is 1.09. The van der Waals surface area contributed by atoms with Gasteiger partial charge < -0.3 is 19.6 Å². The molecule has 110 valence electrons. The Morgan fingerprint density at radius 1 is 1.45 bits per heavy atom. The molecule has 2 aromatic rings. The lowest BCUT2D eigenvalue weighted by Gasteiger charge is -2.16. The Bertz CT molecular complexity index is 500. The molecular formula is C14H18ClNO3S. The molecule has 2 rings (SSSR count). The van der Waals surface area contributed by atoms with E-state index in [2.05, 4.69) is 5.32 Å². The normalized spacial score (nSPS) is 14.3. The lowest BCUT2D eigenvalue weighted by atomic mass is 10.1. The minimum absolute atomic E-state index is 0.0442. The zero-order valence-corrected chi connectivity index (χ0v) is 12.8. The molecule has 2 unspecified atom stereocenters. The Kier molecular flexibility index (Phi) is 6.06. The van der Waals surface area contributed by atoms with Gasteiger partial charge in [0.2, 0.25) is 0 Å². The highest BCUT2D eigenvalue weighted by Gasteiger charge is 2.18. The molecule has 0 radical (unpaired) electrons. The third kappa shape index (κ3) is 4.33. The van der Waals surface area contributed by atoms with Crippen LogP contribution in [0.25, 0.3) is 0 Å². The van der Waals surface area contributed by atoms with Crippen molar-refractivity contribution in [2.24, 2.45) is 0 Å². The van der Waals surface area contributed by atoms with Gasteiger partial charge in [-0.05, 0) is 37.2 Å². The van der Waals surface area contributed by atoms with Crippen LogP contribution in [0.2, 0.25) is 4.34 Å². The van der Waals surface area contributed by atoms with Crippen LogP contribution in [0.4, 0.5) is 0 Å². The lowest BCUT2D eigenvalue weighted by molar-refractivity contribution is 0.0591. The van der Waals surface area contributed by atoms with E-state index in [0.717, 1.165) is 15.0 Å². The number of hydrogen-bond donors (Lipinski definition) is 2. The van der Waals surface area contributed by atoms with Gasteiger partial charge in [-0.2, -0.15) is 0 Å². The van der Waals surface area contributed by atoms with Crippen LogP contribution < -0.4 is 5.32 Å². The molecule has 2 atom stereocenters. The second kappa shape index (κ2) is 7.81. The summed E-state index contributed by atoms with van der Waals surface area (Å²) in [6.07, 6.45) is 1.81. The minimum Gasteiger partial charge on any atom is -0.467 e. The van der Waals surface area contributed by atoms with E-state index in [1.54, 1.807) is 13.4 Å². The lowest BCUT2D eigenvalue weighted by Crippen LogP contribution is -2.27. The molecule has 0 aromatic carbocycles. The van der Waals surface area contributed by atoms with Crippen molar-refractivity contribution >= 4 is 22.9 Å². The van der Waals surface area contributed by atoms with Crippen LogP contribution in [0.1, 0.15) is 23.1 Å². The molecule has 2 heterocycles. The van der Waals surface area contributed by atoms with E-state index in [1.165, 1.54) is 11.3 Å². The van der Waals surface area contributed by atoms with Crippen LogP contribution >= 0.6 is 22.9 Å². The molecular weight excluding hydrogens is 298 g/mol. The highest BCUT2D eigenvalue weighted by molar-refractivity contribution is 7.16. The van der Waals surface area contributed by atoms with E-state index in [1.807, 2.05) is 24.3 Å². The van der Waals surface area contributed by atoms with Crippen LogP contribution in [0, 0.1) is 0 Å². The first-order valence-corrected chi connectivity index (χ1v) is 7.59. The fourth-order valence-corrected chi connectivity index (χ4v) is 3.10. The van der Waals surface area contributed by atoms with Crippen molar-refractivity contribution in [1.82, 2.24) is 5.32 Å². The number of methoxy groups -OCH3 is 1. The molecule has 4 nitrogen and oxygen atoms in total. The fourth-order valence-electron chi connectivity index (χ4n) is 1.95.